The van der Waals surface area contributed by atoms with Gasteiger partial charge in [0, 0.05) is 6.54 Å². The van der Waals surface area contributed by atoms with E-state index in [1.165, 1.54) is 28.8 Å². The van der Waals surface area contributed by atoms with Crippen LogP contribution in [0.5, 0.6) is 5.75 Å². The summed E-state index contributed by atoms with van der Waals surface area (Å²) in [4.78, 5) is 29.4. The van der Waals surface area contributed by atoms with E-state index in [2.05, 4.69) is 10.3 Å². The fraction of sp³-hybridized carbons (Fsp3) is 0.421. The van der Waals surface area contributed by atoms with E-state index in [0.717, 1.165) is 0 Å². The smallest absolute Gasteiger partial charge is 0.296 e. The van der Waals surface area contributed by atoms with E-state index in [-0.39, 0.29) is 24.6 Å². The quantitative estimate of drug-likeness (QED) is 0.834. The largest absolute Gasteiger partial charge is 0.501 e. The second-order valence-corrected chi connectivity index (χ2v) is 6.45. The van der Waals surface area contributed by atoms with Crippen molar-refractivity contribution in [1.29, 1.82) is 0 Å². The molecule has 1 aliphatic rings. The summed E-state index contributed by atoms with van der Waals surface area (Å²) in [7, 11) is 0. The lowest BCUT2D eigenvalue weighted by atomic mass is 9.94. The highest BCUT2D eigenvalue weighted by atomic mass is 19.1. The Balaban J connectivity index is 1.93. The van der Waals surface area contributed by atoms with Crippen LogP contribution < -0.4 is 10.9 Å². The molecule has 0 saturated carbocycles. The van der Waals surface area contributed by atoms with Crippen molar-refractivity contribution in [3.05, 3.63) is 57.5 Å². The number of ether oxygens (including phenoxy) is 1. The minimum absolute atomic E-state index is 0.113. The molecule has 0 bridgehead atoms. The minimum atomic E-state index is -0.767. The van der Waals surface area contributed by atoms with Gasteiger partial charge in [-0.15, -0.1) is 0 Å². The van der Waals surface area contributed by atoms with Crippen molar-refractivity contribution in [3.8, 4) is 5.75 Å². The van der Waals surface area contributed by atoms with E-state index < -0.39 is 22.8 Å². The lowest BCUT2D eigenvalue weighted by molar-refractivity contribution is -0.0890. The Kier molecular flexibility index (Phi) is 5.27. The number of fused-ring (bicyclic) bond motifs is 1. The number of benzene rings is 1. The summed E-state index contributed by atoms with van der Waals surface area (Å²) in [5.41, 5.74) is -1.07. The van der Waals surface area contributed by atoms with Crippen LogP contribution in [-0.2, 0) is 23.4 Å². The summed E-state index contributed by atoms with van der Waals surface area (Å²) in [5, 5.41) is 12.8. The van der Waals surface area contributed by atoms with Gasteiger partial charge in [0.1, 0.15) is 17.2 Å². The zero-order valence-corrected chi connectivity index (χ0v) is 15.3. The summed E-state index contributed by atoms with van der Waals surface area (Å²) < 4.78 is 20.2. The van der Waals surface area contributed by atoms with Crippen LogP contribution in [0.3, 0.4) is 0 Å². The van der Waals surface area contributed by atoms with Crippen LogP contribution >= 0.6 is 0 Å². The van der Waals surface area contributed by atoms with Gasteiger partial charge in [0.15, 0.2) is 5.69 Å². The molecule has 1 aromatic heterocycles. The first-order valence-electron chi connectivity index (χ1n) is 8.92. The van der Waals surface area contributed by atoms with Gasteiger partial charge < -0.3 is 15.2 Å². The molecule has 2 heterocycles. The number of amides is 1. The minimum Gasteiger partial charge on any atom is -0.501 e. The maximum Gasteiger partial charge on any atom is 0.296 e. The van der Waals surface area contributed by atoms with Crippen LogP contribution in [-0.4, -0.2) is 27.2 Å². The topological polar surface area (TPSA) is 93.5 Å². The Morgan fingerprint density at radius 2 is 2.00 bits per heavy atom. The fourth-order valence-corrected chi connectivity index (χ4v) is 3.29. The summed E-state index contributed by atoms with van der Waals surface area (Å²) >= 11 is 0. The van der Waals surface area contributed by atoms with Crippen LogP contribution in [0.15, 0.2) is 29.1 Å². The number of hydrogen-bond donors (Lipinski definition) is 2. The highest BCUT2D eigenvalue weighted by Gasteiger charge is 2.39. The van der Waals surface area contributed by atoms with Crippen molar-refractivity contribution in [3.63, 3.8) is 0 Å². The molecule has 1 aliphatic heterocycles. The predicted octanol–water partition coefficient (Wildman–Crippen LogP) is 2.06. The van der Waals surface area contributed by atoms with Crippen LogP contribution in [0.1, 0.15) is 48.6 Å². The van der Waals surface area contributed by atoms with E-state index in [1.54, 1.807) is 0 Å². The van der Waals surface area contributed by atoms with Crippen LogP contribution in [0, 0.1) is 5.82 Å². The van der Waals surface area contributed by atoms with E-state index >= 15 is 0 Å². The number of carbonyl (C=O) groups excluding carboxylic acids is 1. The average Bonchev–Trinajstić information content (AvgIpc) is 2.69. The molecule has 0 saturated heterocycles. The molecule has 8 heteroatoms. The van der Waals surface area contributed by atoms with Crippen LogP contribution in [0.4, 0.5) is 4.39 Å². The monoisotopic (exact) mass is 375 g/mol. The molecule has 0 radical (unpaired) electrons. The molecular formula is C19H22FN3O4. The highest BCUT2D eigenvalue weighted by Crippen LogP contribution is 2.34. The third kappa shape index (κ3) is 3.44. The number of carbonyl (C=O) groups is 1. The van der Waals surface area contributed by atoms with Crippen molar-refractivity contribution < 1.29 is 19.0 Å². The van der Waals surface area contributed by atoms with Crippen molar-refractivity contribution in [2.24, 2.45) is 0 Å². The molecule has 0 unspecified atom stereocenters. The molecule has 1 amide bonds. The molecule has 1 aromatic carbocycles. The van der Waals surface area contributed by atoms with E-state index in [4.69, 9.17) is 4.74 Å². The number of halogens is 1. The highest BCUT2D eigenvalue weighted by molar-refractivity contribution is 5.94. The van der Waals surface area contributed by atoms with E-state index in [1.807, 2.05) is 13.8 Å². The van der Waals surface area contributed by atoms with Gasteiger partial charge in [-0.1, -0.05) is 26.0 Å². The molecule has 0 aliphatic carbocycles. The lowest BCUT2D eigenvalue weighted by Crippen LogP contribution is -2.44. The Labute approximate surface area is 155 Å². The molecule has 0 spiro atoms. The number of aromatic hydroxyl groups is 1. The number of nitrogens with one attached hydrogen (secondary N) is 1. The van der Waals surface area contributed by atoms with Crippen LogP contribution in [0.25, 0.3) is 0 Å². The first kappa shape index (κ1) is 19.0. The Morgan fingerprint density at radius 3 is 2.63 bits per heavy atom. The van der Waals surface area contributed by atoms with Gasteiger partial charge in [-0.3, -0.25) is 14.2 Å². The van der Waals surface area contributed by atoms with Gasteiger partial charge in [-0.2, -0.15) is 0 Å². The molecule has 27 heavy (non-hydrogen) atoms. The molecule has 2 aromatic rings. The van der Waals surface area contributed by atoms with Crippen molar-refractivity contribution >= 4 is 5.91 Å². The summed E-state index contributed by atoms with van der Waals surface area (Å²) in [6, 6.07) is 5.66. The molecule has 2 N–H and O–H groups in total. The third-order valence-electron chi connectivity index (χ3n) is 4.97. The van der Waals surface area contributed by atoms with E-state index in [0.29, 0.717) is 30.8 Å². The summed E-state index contributed by atoms with van der Waals surface area (Å²) in [6.45, 7) is 4.57. The van der Waals surface area contributed by atoms with Gasteiger partial charge in [0.05, 0.1) is 13.2 Å². The Bertz CT molecular complexity index is 904. The normalized spacial score (nSPS) is 15.2. The first-order valence-corrected chi connectivity index (χ1v) is 8.92. The van der Waals surface area contributed by atoms with Gasteiger partial charge >= 0.3 is 0 Å². The molecule has 7 nitrogen and oxygen atoms in total. The maximum atomic E-state index is 13.0. The zero-order valence-electron chi connectivity index (χ0n) is 15.3. The van der Waals surface area contributed by atoms with Crippen molar-refractivity contribution in [1.82, 2.24) is 14.9 Å². The zero-order chi connectivity index (χ0) is 19.6. The Hall–Kier alpha value is -2.74. The summed E-state index contributed by atoms with van der Waals surface area (Å²) in [5.74, 6) is -1.38. The van der Waals surface area contributed by atoms with Crippen LogP contribution in [0.2, 0.25) is 0 Å². The molecular weight excluding hydrogens is 353 g/mol. The fourth-order valence-electron chi connectivity index (χ4n) is 3.29. The molecule has 0 fully saturated rings. The third-order valence-corrected chi connectivity index (χ3v) is 4.97. The average molecular weight is 375 g/mol. The summed E-state index contributed by atoms with van der Waals surface area (Å²) in [6.07, 6.45) is 1.16. The van der Waals surface area contributed by atoms with Gasteiger partial charge in [-0.25, -0.2) is 9.37 Å². The number of hydrogen-bond acceptors (Lipinski definition) is 5. The van der Waals surface area contributed by atoms with Gasteiger partial charge in [0.25, 0.3) is 11.5 Å². The van der Waals surface area contributed by atoms with Gasteiger partial charge in [-0.05, 0) is 30.5 Å². The van der Waals surface area contributed by atoms with E-state index in [9.17, 15) is 19.1 Å². The molecule has 3 rings (SSSR count). The lowest BCUT2D eigenvalue weighted by Gasteiger charge is -2.37. The first-order chi connectivity index (χ1) is 12.9. The Morgan fingerprint density at radius 1 is 1.33 bits per heavy atom. The molecule has 0 atom stereocenters. The second-order valence-electron chi connectivity index (χ2n) is 6.45. The standard InChI is InChI=1S/C19H22FN3O4/c1-3-19(4-2)18-22-14(15(24)17(26)23(18)9-10-27-19)16(25)21-11-12-5-7-13(20)8-6-12/h5-8,24H,3-4,9-11H2,1-2H3,(H,21,25). The second kappa shape index (κ2) is 7.48. The predicted molar refractivity (Wildman–Crippen MR) is 95.9 cm³/mol. The van der Waals surface area contributed by atoms with Gasteiger partial charge in [0.2, 0.25) is 5.75 Å². The van der Waals surface area contributed by atoms with Crippen molar-refractivity contribution in [2.75, 3.05) is 6.61 Å². The number of rotatable bonds is 5. The van der Waals surface area contributed by atoms with Crippen molar-refractivity contribution in [2.45, 2.75) is 45.4 Å². The number of aromatic nitrogens is 2. The molecule has 144 valence electrons. The SMILES string of the molecule is CCC1(CC)OCCn2c1nc(C(=O)NCc1ccc(F)cc1)c(O)c2=O. The number of nitrogens with zero attached hydrogens (tertiary/aromatic N) is 2. The maximum absolute atomic E-state index is 13.0.